The van der Waals surface area contributed by atoms with Gasteiger partial charge in [-0.1, -0.05) is 111 Å². The Hall–Kier alpha value is -4.83. The van der Waals surface area contributed by atoms with Crippen molar-refractivity contribution in [1.82, 2.24) is 15.0 Å². The van der Waals surface area contributed by atoms with Crippen LogP contribution in [0.1, 0.15) is 42.9 Å². The molecule has 0 spiro atoms. The van der Waals surface area contributed by atoms with E-state index in [2.05, 4.69) is 62.4 Å². The summed E-state index contributed by atoms with van der Waals surface area (Å²) in [6, 6.07) is 35.4. The molecule has 40 heavy (non-hydrogen) atoms. The quantitative estimate of drug-likeness (QED) is 0.241. The van der Waals surface area contributed by atoms with Gasteiger partial charge in [-0.2, -0.15) is 0 Å². The molecule has 0 N–H and O–H groups in total. The highest BCUT2D eigenvalue weighted by Gasteiger charge is 2.44. The first kappa shape index (κ1) is 23.1. The molecule has 4 nitrogen and oxygen atoms in total. The minimum absolute atomic E-state index is 0.0474. The van der Waals surface area contributed by atoms with E-state index >= 15 is 0 Å². The SMILES string of the molecule is CC1(C)C2=C(CC3C(=C2)Oc2c(-c4nc(-c5ccccc5)nc(-c5ccccc5)n4)cccc23)c2ccccc21. The number of hydrogen-bond donors (Lipinski definition) is 0. The van der Waals surface area contributed by atoms with Crippen LogP contribution in [0.15, 0.2) is 121 Å². The van der Waals surface area contributed by atoms with E-state index in [1.165, 1.54) is 27.8 Å². The van der Waals surface area contributed by atoms with Crippen LogP contribution in [0.25, 0.3) is 39.7 Å². The first-order valence-electron chi connectivity index (χ1n) is 13.8. The van der Waals surface area contributed by atoms with E-state index in [4.69, 9.17) is 19.7 Å². The molecule has 0 fully saturated rings. The Labute approximate surface area is 233 Å². The number of benzene rings is 4. The van der Waals surface area contributed by atoms with Gasteiger partial charge in [-0.3, -0.25) is 0 Å². The Morgan fingerprint density at radius 3 is 1.95 bits per heavy atom. The summed E-state index contributed by atoms with van der Waals surface area (Å²) < 4.78 is 6.71. The zero-order valence-electron chi connectivity index (χ0n) is 22.4. The molecule has 8 rings (SSSR count). The summed E-state index contributed by atoms with van der Waals surface area (Å²) in [7, 11) is 0. The van der Waals surface area contributed by atoms with Gasteiger partial charge in [0.25, 0.3) is 0 Å². The minimum atomic E-state index is -0.0474. The van der Waals surface area contributed by atoms with E-state index in [1.807, 2.05) is 60.7 Å². The fourth-order valence-electron chi connectivity index (χ4n) is 6.52. The van der Waals surface area contributed by atoms with Crippen LogP contribution in [0.2, 0.25) is 0 Å². The van der Waals surface area contributed by atoms with Crippen molar-refractivity contribution in [1.29, 1.82) is 0 Å². The number of hydrogen-bond acceptors (Lipinski definition) is 4. The van der Waals surface area contributed by atoms with Crippen LogP contribution in [-0.2, 0) is 5.41 Å². The second kappa shape index (κ2) is 8.59. The third kappa shape index (κ3) is 3.42. The first-order valence-corrected chi connectivity index (χ1v) is 13.8. The number of rotatable bonds is 3. The van der Waals surface area contributed by atoms with Gasteiger partial charge < -0.3 is 4.74 Å². The molecular weight excluding hydrogens is 490 g/mol. The number of fused-ring (bicyclic) bond motifs is 5. The molecule has 0 saturated carbocycles. The molecule has 5 aromatic rings. The van der Waals surface area contributed by atoms with Gasteiger partial charge in [0.15, 0.2) is 17.5 Å². The minimum Gasteiger partial charge on any atom is -0.460 e. The molecule has 2 heterocycles. The van der Waals surface area contributed by atoms with Gasteiger partial charge >= 0.3 is 0 Å². The van der Waals surface area contributed by atoms with E-state index in [0.717, 1.165) is 34.6 Å². The molecule has 1 aliphatic heterocycles. The summed E-state index contributed by atoms with van der Waals surface area (Å²) in [5, 5.41) is 0. The molecule has 1 aromatic heterocycles. The lowest BCUT2D eigenvalue weighted by Gasteiger charge is -2.26. The summed E-state index contributed by atoms with van der Waals surface area (Å²) in [6.45, 7) is 4.64. The summed E-state index contributed by atoms with van der Waals surface area (Å²) in [4.78, 5) is 14.8. The molecule has 1 atom stereocenters. The molecule has 4 heteroatoms. The first-order chi connectivity index (χ1) is 19.6. The molecule has 3 aliphatic rings. The molecule has 192 valence electrons. The summed E-state index contributed by atoms with van der Waals surface area (Å²) in [6.07, 6.45) is 3.23. The van der Waals surface area contributed by atoms with Gasteiger partial charge in [-0.15, -0.1) is 0 Å². The lowest BCUT2D eigenvalue weighted by molar-refractivity contribution is 0.424. The van der Waals surface area contributed by atoms with E-state index in [1.54, 1.807) is 0 Å². The van der Waals surface area contributed by atoms with Crippen LogP contribution in [0.4, 0.5) is 0 Å². The average Bonchev–Trinajstić information content (AvgIpc) is 3.49. The van der Waals surface area contributed by atoms with Crippen LogP contribution in [0.3, 0.4) is 0 Å². The topological polar surface area (TPSA) is 47.9 Å². The normalized spacial score (nSPS) is 17.9. The number of ether oxygens (including phenoxy) is 1. The highest BCUT2D eigenvalue weighted by molar-refractivity contribution is 5.85. The molecular formula is C36H27N3O. The predicted molar refractivity (Wildman–Crippen MR) is 159 cm³/mol. The summed E-state index contributed by atoms with van der Waals surface area (Å²) >= 11 is 0. The Balaban J connectivity index is 1.26. The highest BCUT2D eigenvalue weighted by Crippen LogP contribution is 2.57. The van der Waals surface area contributed by atoms with Crippen molar-refractivity contribution < 1.29 is 4.74 Å². The van der Waals surface area contributed by atoms with Gasteiger partial charge in [0.1, 0.15) is 11.5 Å². The Morgan fingerprint density at radius 1 is 0.650 bits per heavy atom. The second-order valence-corrected chi connectivity index (χ2v) is 11.2. The third-order valence-electron chi connectivity index (χ3n) is 8.54. The molecule has 4 aromatic carbocycles. The van der Waals surface area contributed by atoms with Crippen LogP contribution in [0.5, 0.6) is 5.75 Å². The number of allylic oxidation sites excluding steroid dienone is 4. The number of para-hydroxylation sites is 1. The van der Waals surface area contributed by atoms with Crippen molar-refractivity contribution in [3.05, 3.63) is 137 Å². The molecule has 0 amide bonds. The Kier molecular flexibility index (Phi) is 4.96. The van der Waals surface area contributed by atoms with Crippen molar-refractivity contribution in [2.45, 2.75) is 31.6 Å². The molecule has 2 aliphatic carbocycles. The van der Waals surface area contributed by atoms with E-state index < -0.39 is 0 Å². The van der Waals surface area contributed by atoms with Gasteiger partial charge in [0.2, 0.25) is 0 Å². The third-order valence-corrected chi connectivity index (χ3v) is 8.54. The Bertz CT molecular complexity index is 1810. The van der Waals surface area contributed by atoms with Crippen LogP contribution >= 0.6 is 0 Å². The van der Waals surface area contributed by atoms with Crippen molar-refractivity contribution in [2.24, 2.45) is 0 Å². The average molecular weight is 518 g/mol. The van der Waals surface area contributed by atoms with Crippen molar-refractivity contribution in [3.8, 4) is 39.9 Å². The fraction of sp³-hybridized carbons (Fsp3) is 0.139. The van der Waals surface area contributed by atoms with E-state index in [9.17, 15) is 0 Å². The highest BCUT2D eigenvalue weighted by atomic mass is 16.5. The molecule has 0 saturated heterocycles. The van der Waals surface area contributed by atoms with E-state index in [-0.39, 0.29) is 11.3 Å². The maximum absolute atomic E-state index is 6.71. The Morgan fingerprint density at radius 2 is 1.25 bits per heavy atom. The second-order valence-electron chi connectivity index (χ2n) is 11.2. The lowest BCUT2D eigenvalue weighted by atomic mass is 9.77. The van der Waals surface area contributed by atoms with Crippen molar-refractivity contribution in [3.63, 3.8) is 0 Å². The van der Waals surface area contributed by atoms with Gasteiger partial charge in [0, 0.05) is 28.0 Å². The largest absolute Gasteiger partial charge is 0.460 e. The van der Waals surface area contributed by atoms with Crippen LogP contribution < -0.4 is 4.74 Å². The standard InChI is InChI=1S/C36H27N3O/c1-36(2)29-19-10-9-16-24(29)27-20-28-25-17-11-18-26(32(25)40-31(28)21-30(27)36)35-38-33(22-12-5-3-6-13-22)37-34(39-35)23-14-7-4-8-15-23/h3-19,21,28H,20H2,1-2H3. The van der Waals surface area contributed by atoms with Crippen molar-refractivity contribution >= 4 is 5.57 Å². The fourth-order valence-corrected chi connectivity index (χ4v) is 6.52. The smallest absolute Gasteiger partial charge is 0.167 e. The van der Waals surface area contributed by atoms with Gasteiger partial charge in [-0.25, -0.2) is 15.0 Å². The summed E-state index contributed by atoms with van der Waals surface area (Å²) in [5.41, 5.74) is 9.53. The zero-order chi connectivity index (χ0) is 26.8. The molecule has 1 unspecified atom stereocenters. The number of aromatic nitrogens is 3. The lowest BCUT2D eigenvalue weighted by Crippen LogP contribution is -2.18. The zero-order valence-corrected chi connectivity index (χ0v) is 22.4. The van der Waals surface area contributed by atoms with Crippen LogP contribution in [-0.4, -0.2) is 15.0 Å². The maximum atomic E-state index is 6.71. The monoisotopic (exact) mass is 517 g/mol. The maximum Gasteiger partial charge on any atom is 0.167 e. The summed E-state index contributed by atoms with van der Waals surface area (Å²) in [5.74, 6) is 3.97. The number of nitrogens with zero attached hydrogens (tertiary/aromatic N) is 3. The molecule has 0 bridgehead atoms. The molecule has 0 radical (unpaired) electrons. The van der Waals surface area contributed by atoms with Gasteiger partial charge in [-0.05, 0) is 40.8 Å². The van der Waals surface area contributed by atoms with Gasteiger partial charge in [0.05, 0.1) is 5.56 Å². The van der Waals surface area contributed by atoms with Crippen molar-refractivity contribution in [2.75, 3.05) is 0 Å². The van der Waals surface area contributed by atoms with Crippen LogP contribution in [0, 0.1) is 0 Å². The van der Waals surface area contributed by atoms with E-state index in [0.29, 0.717) is 17.5 Å². The predicted octanol–water partition coefficient (Wildman–Crippen LogP) is 8.38.